The first-order chi connectivity index (χ1) is 11.8. The van der Waals surface area contributed by atoms with Gasteiger partial charge in [-0.25, -0.2) is 0 Å². The molecule has 0 fully saturated rings. The van der Waals surface area contributed by atoms with Crippen molar-refractivity contribution < 1.29 is 4.74 Å². The Morgan fingerprint density at radius 1 is 1.12 bits per heavy atom. The monoisotopic (exact) mass is 320 g/mol. The summed E-state index contributed by atoms with van der Waals surface area (Å²) in [4.78, 5) is 6.29. The van der Waals surface area contributed by atoms with Crippen LogP contribution < -0.4 is 4.74 Å². The molecule has 1 N–H and O–H groups in total. The summed E-state index contributed by atoms with van der Waals surface area (Å²) in [6.45, 7) is 4.43. The second-order valence-electron chi connectivity index (χ2n) is 6.49. The average Bonchev–Trinajstić information content (AvgIpc) is 3.00. The van der Waals surface area contributed by atoms with Crippen LogP contribution in [0.3, 0.4) is 0 Å². The van der Waals surface area contributed by atoms with Crippen LogP contribution in [0.15, 0.2) is 48.5 Å². The lowest BCUT2D eigenvalue weighted by Gasteiger charge is -2.36. The van der Waals surface area contributed by atoms with E-state index >= 15 is 0 Å². The van der Waals surface area contributed by atoms with Gasteiger partial charge in [-0.15, -0.1) is 0 Å². The highest BCUT2D eigenvalue weighted by Crippen LogP contribution is 2.41. The Hall–Kier alpha value is -2.26. The van der Waals surface area contributed by atoms with Crippen molar-refractivity contribution in [3.63, 3.8) is 0 Å². The molecule has 0 radical (unpaired) electrons. The van der Waals surface area contributed by atoms with Crippen LogP contribution in [0.2, 0.25) is 0 Å². The van der Waals surface area contributed by atoms with Crippen molar-refractivity contribution in [2.45, 2.75) is 25.8 Å². The molecule has 1 aliphatic heterocycles. The minimum Gasteiger partial charge on any atom is -0.496 e. The van der Waals surface area contributed by atoms with Crippen molar-refractivity contribution >= 4 is 10.9 Å². The number of aromatic nitrogens is 1. The molecule has 3 aromatic rings. The van der Waals surface area contributed by atoms with E-state index in [4.69, 9.17) is 4.74 Å². The van der Waals surface area contributed by atoms with Gasteiger partial charge in [0.25, 0.3) is 0 Å². The second kappa shape index (κ2) is 6.33. The summed E-state index contributed by atoms with van der Waals surface area (Å²) in [5.74, 6) is 0.968. The molecule has 0 saturated heterocycles. The van der Waals surface area contributed by atoms with Gasteiger partial charge in [-0.1, -0.05) is 43.3 Å². The Morgan fingerprint density at radius 3 is 2.75 bits per heavy atom. The molecular formula is C21H24N2O. The molecule has 1 unspecified atom stereocenters. The summed E-state index contributed by atoms with van der Waals surface area (Å²) in [7, 11) is 1.76. The van der Waals surface area contributed by atoms with E-state index in [2.05, 4.69) is 59.3 Å². The number of para-hydroxylation sites is 2. The number of benzene rings is 2. The summed E-state index contributed by atoms with van der Waals surface area (Å²) in [5, 5.41) is 1.36. The number of aromatic amines is 1. The van der Waals surface area contributed by atoms with Crippen molar-refractivity contribution in [1.29, 1.82) is 0 Å². The molecule has 0 spiro atoms. The fraction of sp³-hybridized carbons (Fsp3) is 0.333. The van der Waals surface area contributed by atoms with Crippen molar-refractivity contribution in [2.75, 3.05) is 20.2 Å². The van der Waals surface area contributed by atoms with Gasteiger partial charge in [0.2, 0.25) is 0 Å². The molecule has 0 saturated carbocycles. The summed E-state index contributed by atoms with van der Waals surface area (Å²) in [6, 6.07) is 17.3. The van der Waals surface area contributed by atoms with E-state index in [0.29, 0.717) is 0 Å². The van der Waals surface area contributed by atoms with Crippen LogP contribution in [0.5, 0.6) is 5.75 Å². The first-order valence-corrected chi connectivity index (χ1v) is 8.80. The second-order valence-corrected chi connectivity index (χ2v) is 6.49. The van der Waals surface area contributed by atoms with E-state index in [1.54, 1.807) is 7.11 Å². The van der Waals surface area contributed by atoms with Crippen LogP contribution in [0.4, 0.5) is 0 Å². The summed E-state index contributed by atoms with van der Waals surface area (Å²) in [5.41, 5.74) is 5.29. The maximum Gasteiger partial charge on any atom is 0.124 e. The molecular weight excluding hydrogens is 296 g/mol. The van der Waals surface area contributed by atoms with E-state index in [1.165, 1.54) is 27.7 Å². The van der Waals surface area contributed by atoms with Crippen LogP contribution in [0, 0.1) is 0 Å². The first kappa shape index (κ1) is 15.3. The topological polar surface area (TPSA) is 28.3 Å². The maximum absolute atomic E-state index is 5.67. The number of nitrogens with zero attached hydrogens (tertiary/aromatic N) is 1. The van der Waals surface area contributed by atoms with Crippen molar-refractivity contribution in [3.05, 3.63) is 65.4 Å². The number of ether oxygens (including phenoxy) is 1. The predicted molar refractivity (Wildman–Crippen MR) is 98.7 cm³/mol. The fourth-order valence-corrected chi connectivity index (χ4v) is 4.06. The van der Waals surface area contributed by atoms with E-state index in [9.17, 15) is 0 Å². The Morgan fingerprint density at radius 2 is 1.92 bits per heavy atom. The van der Waals surface area contributed by atoms with Crippen LogP contribution in [0.25, 0.3) is 10.9 Å². The highest BCUT2D eigenvalue weighted by atomic mass is 16.5. The average molecular weight is 320 g/mol. The van der Waals surface area contributed by atoms with Gasteiger partial charge in [0.1, 0.15) is 5.75 Å². The SMILES string of the molecule is CCCN1CCc2c([nH]c3ccccc23)C1c1ccccc1OC. The van der Waals surface area contributed by atoms with Crippen molar-refractivity contribution in [3.8, 4) is 5.75 Å². The van der Waals surface area contributed by atoms with Gasteiger partial charge in [-0.3, -0.25) is 4.90 Å². The molecule has 3 nitrogen and oxygen atoms in total. The van der Waals surface area contributed by atoms with E-state index in [1.807, 2.05) is 6.07 Å². The van der Waals surface area contributed by atoms with Crippen LogP contribution in [0.1, 0.15) is 36.2 Å². The molecule has 124 valence electrons. The van der Waals surface area contributed by atoms with Gasteiger partial charge in [0.15, 0.2) is 0 Å². The number of fused-ring (bicyclic) bond motifs is 3. The van der Waals surface area contributed by atoms with Crippen molar-refractivity contribution in [1.82, 2.24) is 9.88 Å². The zero-order chi connectivity index (χ0) is 16.5. The Kier molecular flexibility index (Phi) is 4.03. The van der Waals surface area contributed by atoms with Crippen LogP contribution >= 0.6 is 0 Å². The lowest BCUT2D eigenvalue weighted by molar-refractivity contribution is 0.207. The van der Waals surface area contributed by atoms with Crippen molar-refractivity contribution in [2.24, 2.45) is 0 Å². The molecule has 0 amide bonds. The number of nitrogens with one attached hydrogen (secondary N) is 1. The Labute approximate surface area is 143 Å². The number of methoxy groups -OCH3 is 1. The molecule has 4 rings (SSSR count). The van der Waals surface area contributed by atoms with Crippen LogP contribution in [-0.4, -0.2) is 30.1 Å². The summed E-state index contributed by atoms with van der Waals surface area (Å²) >= 11 is 0. The quantitative estimate of drug-likeness (QED) is 0.765. The number of H-pyrrole nitrogens is 1. The Bertz CT molecular complexity index is 852. The first-order valence-electron chi connectivity index (χ1n) is 8.80. The zero-order valence-electron chi connectivity index (χ0n) is 14.4. The maximum atomic E-state index is 5.67. The molecule has 1 aliphatic rings. The number of hydrogen-bond acceptors (Lipinski definition) is 2. The normalized spacial score (nSPS) is 17.8. The molecule has 2 aromatic carbocycles. The van der Waals surface area contributed by atoms with E-state index in [0.717, 1.165) is 31.7 Å². The third-order valence-corrected chi connectivity index (χ3v) is 5.08. The molecule has 3 heteroatoms. The van der Waals surface area contributed by atoms with Gasteiger partial charge >= 0.3 is 0 Å². The number of rotatable bonds is 4. The highest BCUT2D eigenvalue weighted by Gasteiger charge is 2.32. The lowest BCUT2D eigenvalue weighted by atomic mass is 9.91. The molecule has 2 heterocycles. The molecule has 0 bridgehead atoms. The third-order valence-electron chi connectivity index (χ3n) is 5.08. The fourth-order valence-electron chi connectivity index (χ4n) is 4.06. The van der Waals surface area contributed by atoms with Gasteiger partial charge < -0.3 is 9.72 Å². The lowest BCUT2D eigenvalue weighted by Crippen LogP contribution is -2.36. The Balaban J connectivity index is 1.91. The zero-order valence-corrected chi connectivity index (χ0v) is 14.4. The largest absolute Gasteiger partial charge is 0.496 e. The van der Waals surface area contributed by atoms with Gasteiger partial charge in [-0.2, -0.15) is 0 Å². The smallest absolute Gasteiger partial charge is 0.124 e. The summed E-state index contributed by atoms with van der Waals surface area (Å²) in [6.07, 6.45) is 2.26. The molecule has 24 heavy (non-hydrogen) atoms. The van der Waals surface area contributed by atoms with E-state index in [-0.39, 0.29) is 6.04 Å². The van der Waals surface area contributed by atoms with Gasteiger partial charge in [0, 0.05) is 28.7 Å². The van der Waals surface area contributed by atoms with Gasteiger partial charge in [0.05, 0.1) is 13.2 Å². The standard InChI is InChI=1S/C21H24N2O/c1-3-13-23-14-12-16-15-8-4-6-10-18(15)22-20(16)21(23)17-9-5-7-11-19(17)24-2/h4-11,21-22H,3,12-14H2,1-2H3. The summed E-state index contributed by atoms with van der Waals surface area (Å²) < 4.78 is 5.67. The minimum atomic E-state index is 0.234. The minimum absolute atomic E-state index is 0.234. The molecule has 0 aliphatic carbocycles. The molecule has 1 atom stereocenters. The number of hydrogen-bond donors (Lipinski definition) is 1. The van der Waals surface area contributed by atoms with Gasteiger partial charge in [-0.05, 0) is 37.1 Å². The van der Waals surface area contributed by atoms with E-state index < -0.39 is 0 Å². The molecule has 1 aromatic heterocycles. The third kappa shape index (κ3) is 2.40. The predicted octanol–water partition coefficient (Wildman–Crippen LogP) is 4.53. The van der Waals surface area contributed by atoms with Crippen LogP contribution in [-0.2, 0) is 6.42 Å². The highest BCUT2D eigenvalue weighted by molar-refractivity contribution is 5.85.